The van der Waals surface area contributed by atoms with Crippen LogP contribution in [-0.2, 0) is 0 Å². The van der Waals surface area contributed by atoms with Crippen LogP contribution in [0.5, 0.6) is 0 Å². The van der Waals surface area contributed by atoms with Gasteiger partial charge in [0.25, 0.3) is 0 Å². The lowest BCUT2D eigenvalue weighted by atomic mass is 9.92. The predicted octanol–water partition coefficient (Wildman–Crippen LogP) is 4.00. The van der Waals surface area contributed by atoms with Gasteiger partial charge in [0.15, 0.2) is 0 Å². The Morgan fingerprint density at radius 1 is 0.778 bits per heavy atom. The summed E-state index contributed by atoms with van der Waals surface area (Å²) in [6.07, 6.45) is -0.536. The van der Waals surface area contributed by atoms with Crippen molar-refractivity contribution in [2.45, 2.75) is 33.8 Å². The SMILES string of the molecule is Cc1ccc([C@@H](O)c2c(C)cc(C)cc2C)cc1. The lowest BCUT2D eigenvalue weighted by Crippen LogP contribution is -2.05. The summed E-state index contributed by atoms with van der Waals surface area (Å²) >= 11 is 0. The molecule has 0 aliphatic heterocycles. The first-order chi connectivity index (χ1) is 8.49. The molecular weight excluding hydrogens is 220 g/mol. The van der Waals surface area contributed by atoms with E-state index in [1.54, 1.807) is 0 Å². The van der Waals surface area contributed by atoms with Gasteiger partial charge in [-0.25, -0.2) is 0 Å². The van der Waals surface area contributed by atoms with Crippen LogP contribution in [0.15, 0.2) is 36.4 Å². The monoisotopic (exact) mass is 240 g/mol. The van der Waals surface area contributed by atoms with Crippen molar-refractivity contribution in [3.63, 3.8) is 0 Å². The minimum Gasteiger partial charge on any atom is -0.384 e. The van der Waals surface area contributed by atoms with Crippen LogP contribution in [0.1, 0.15) is 39.5 Å². The van der Waals surface area contributed by atoms with Gasteiger partial charge in [0.05, 0.1) is 0 Å². The van der Waals surface area contributed by atoms with E-state index in [-0.39, 0.29) is 0 Å². The Morgan fingerprint density at radius 3 is 1.78 bits per heavy atom. The molecule has 0 amide bonds. The molecule has 2 aromatic carbocycles. The minimum atomic E-state index is -0.536. The second-order valence-corrected chi connectivity index (χ2v) is 5.13. The highest BCUT2D eigenvalue weighted by Gasteiger charge is 2.15. The Bertz CT molecular complexity index is 529. The van der Waals surface area contributed by atoms with Crippen LogP contribution in [0.4, 0.5) is 0 Å². The fourth-order valence-corrected chi connectivity index (χ4v) is 2.54. The second kappa shape index (κ2) is 4.95. The van der Waals surface area contributed by atoms with Crippen molar-refractivity contribution in [3.05, 3.63) is 69.8 Å². The molecule has 0 unspecified atom stereocenters. The zero-order valence-corrected chi connectivity index (χ0v) is 11.5. The molecule has 1 atom stereocenters. The molecule has 0 fully saturated rings. The number of hydrogen-bond acceptors (Lipinski definition) is 1. The fourth-order valence-electron chi connectivity index (χ4n) is 2.54. The predicted molar refractivity (Wildman–Crippen MR) is 75.9 cm³/mol. The van der Waals surface area contributed by atoms with Gasteiger partial charge in [0.2, 0.25) is 0 Å². The Balaban J connectivity index is 2.46. The van der Waals surface area contributed by atoms with E-state index in [0.29, 0.717) is 0 Å². The molecule has 0 bridgehead atoms. The molecule has 2 aromatic rings. The molecule has 0 saturated heterocycles. The summed E-state index contributed by atoms with van der Waals surface area (Å²) in [7, 11) is 0. The van der Waals surface area contributed by atoms with Crippen LogP contribution in [-0.4, -0.2) is 5.11 Å². The summed E-state index contributed by atoms with van der Waals surface area (Å²) in [5.74, 6) is 0. The Kier molecular flexibility index (Phi) is 3.53. The normalized spacial score (nSPS) is 12.5. The smallest absolute Gasteiger partial charge is 0.105 e. The summed E-state index contributed by atoms with van der Waals surface area (Å²) in [5.41, 5.74) is 6.74. The van der Waals surface area contributed by atoms with Crippen LogP contribution < -0.4 is 0 Å². The average molecular weight is 240 g/mol. The molecule has 0 aliphatic carbocycles. The van der Waals surface area contributed by atoms with Gasteiger partial charge in [-0.1, -0.05) is 47.5 Å². The van der Waals surface area contributed by atoms with Gasteiger partial charge >= 0.3 is 0 Å². The molecule has 1 nitrogen and oxygen atoms in total. The molecule has 1 N–H and O–H groups in total. The lowest BCUT2D eigenvalue weighted by molar-refractivity contribution is 0.219. The number of aliphatic hydroxyl groups excluding tert-OH is 1. The molecule has 94 valence electrons. The highest BCUT2D eigenvalue weighted by molar-refractivity contribution is 5.43. The highest BCUT2D eigenvalue weighted by Crippen LogP contribution is 2.28. The fraction of sp³-hybridized carbons (Fsp3) is 0.294. The number of rotatable bonds is 2. The van der Waals surface area contributed by atoms with E-state index in [9.17, 15) is 5.11 Å². The van der Waals surface area contributed by atoms with Crippen molar-refractivity contribution in [2.24, 2.45) is 0 Å². The van der Waals surface area contributed by atoms with E-state index in [4.69, 9.17) is 0 Å². The van der Waals surface area contributed by atoms with Gasteiger partial charge < -0.3 is 5.11 Å². The van der Waals surface area contributed by atoms with E-state index < -0.39 is 6.10 Å². The summed E-state index contributed by atoms with van der Waals surface area (Å²) in [4.78, 5) is 0. The maximum Gasteiger partial charge on any atom is 0.105 e. The standard InChI is InChI=1S/C17H20O/c1-11-5-7-15(8-6-11)17(18)16-13(3)9-12(2)10-14(16)4/h5-10,17-18H,1-4H3/t17-/m1/s1. The highest BCUT2D eigenvalue weighted by atomic mass is 16.3. The molecule has 0 saturated carbocycles. The summed E-state index contributed by atoms with van der Waals surface area (Å²) in [6.45, 7) is 8.26. The van der Waals surface area contributed by atoms with E-state index >= 15 is 0 Å². The first-order valence-electron chi connectivity index (χ1n) is 6.31. The maximum atomic E-state index is 10.5. The van der Waals surface area contributed by atoms with E-state index in [1.165, 1.54) is 11.1 Å². The Hall–Kier alpha value is -1.60. The van der Waals surface area contributed by atoms with Crippen LogP contribution >= 0.6 is 0 Å². The number of hydrogen-bond donors (Lipinski definition) is 1. The molecule has 0 aliphatic rings. The van der Waals surface area contributed by atoms with E-state index in [2.05, 4.69) is 39.8 Å². The molecular formula is C17H20O. The van der Waals surface area contributed by atoms with E-state index in [1.807, 2.05) is 24.3 Å². The third-order valence-electron chi connectivity index (χ3n) is 3.40. The van der Waals surface area contributed by atoms with Crippen LogP contribution in [0, 0.1) is 27.7 Å². The number of aliphatic hydroxyl groups is 1. The van der Waals surface area contributed by atoms with E-state index in [0.717, 1.165) is 22.3 Å². The van der Waals surface area contributed by atoms with Crippen molar-refractivity contribution < 1.29 is 5.11 Å². The quantitative estimate of drug-likeness (QED) is 0.841. The Labute approximate surface area is 109 Å². The molecule has 1 heteroatoms. The minimum absolute atomic E-state index is 0.536. The first-order valence-corrected chi connectivity index (χ1v) is 6.31. The first kappa shape index (κ1) is 12.8. The van der Waals surface area contributed by atoms with Crippen LogP contribution in [0.25, 0.3) is 0 Å². The molecule has 0 spiro atoms. The lowest BCUT2D eigenvalue weighted by Gasteiger charge is -2.18. The molecule has 0 radical (unpaired) electrons. The average Bonchev–Trinajstić information content (AvgIpc) is 2.28. The van der Waals surface area contributed by atoms with Gasteiger partial charge in [-0.2, -0.15) is 0 Å². The third-order valence-corrected chi connectivity index (χ3v) is 3.40. The summed E-state index contributed by atoms with van der Waals surface area (Å²) in [5, 5.41) is 10.5. The molecule has 0 heterocycles. The van der Waals surface area contributed by atoms with Gasteiger partial charge in [-0.3, -0.25) is 0 Å². The van der Waals surface area contributed by atoms with Gasteiger partial charge in [0.1, 0.15) is 6.10 Å². The Morgan fingerprint density at radius 2 is 1.28 bits per heavy atom. The van der Waals surface area contributed by atoms with Crippen molar-refractivity contribution in [1.82, 2.24) is 0 Å². The second-order valence-electron chi connectivity index (χ2n) is 5.13. The molecule has 18 heavy (non-hydrogen) atoms. The summed E-state index contributed by atoms with van der Waals surface area (Å²) < 4.78 is 0. The largest absolute Gasteiger partial charge is 0.384 e. The van der Waals surface area contributed by atoms with Gasteiger partial charge in [-0.15, -0.1) is 0 Å². The van der Waals surface area contributed by atoms with Gasteiger partial charge in [-0.05, 0) is 49.9 Å². The molecule has 0 aromatic heterocycles. The van der Waals surface area contributed by atoms with Crippen LogP contribution in [0.2, 0.25) is 0 Å². The topological polar surface area (TPSA) is 20.2 Å². The third kappa shape index (κ3) is 2.46. The van der Waals surface area contributed by atoms with Crippen molar-refractivity contribution in [3.8, 4) is 0 Å². The number of aryl methyl sites for hydroxylation is 4. The zero-order chi connectivity index (χ0) is 13.3. The van der Waals surface area contributed by atoms with Crippen molar-refractivity contribution in [2.75, 3.05) is 0 Å². The maximum absolute atomic E-state index is 10.5. The zero-order valence-electron chi connectivity index (χ0n) is 11.5. The summed E-state index contributed by atoms with van der Waals surface area (Å²) in [6, 6.07) is 12.3. The van der Waals surface area contributed by atoms with Crippen LogP contribution in [0.3, 0.4) is 0 Å². The molecule has 2 rings (SSSR count). The van der Waals surface area contributed by atoms with Gasteiger partial charge in [0, 0.05) is 0 Å². The van der Waals surface area contributed by atoms with Crippen molar-refractivity contribution in [1.29, 1.82) is 0 Å². The number of benzene rings is 2. The van der Waals surface area contributed by atoms with Crippen molar-refractivity contribution >= 4 is 0 Å².